The molecule has 0 bridgehead atoms. The molecule has 1 fully saturated rings. The summed E-state index contributed by atoms with van der Waals surface area (Å²) in [6.07, 6.45) is 0.756. The van der Waals surface area contributed by atoms with Crippen molar-refractivity contribution in [3.05, 3.63) is 0 Å². The molecule has 0 aromatic carbocycles. The van der Waals surface area contributed by atoms with Crippen LogP contribution < -0.4 is 10.6 Å². The number of rotatable bonds is 3. The van der Waals surface area contributed by atoms with E-state index in [0.29, 0.717) is 12.0 Å². The van der Waals surface area contributed by atoms with Gasteiger partial charge in [-0.05, 0) is 26.8 Å². The second-order valence-electron chi connectivity index (χ2n) is 3.52. The molecule has 3 N–H and O–H groups in total. The van der Waals surface area contributed by atoms with Crippen LogP contribution in [0, 0.1) is 5.92 Å². The molecule has 0 amide bonds. The highest BCUT2D eigenvalue weighted by Crippen LogP contribution is 2.10. The zero-order chi connectivity index (χ0) is 8.27. The maximum atomic E-state index is 9.57. The molecular weight excluding hydrogens is 140 g/mol. The van der Waals surface area contributed by atoms with Gasteiger partial charge in [-0.1, -0.05) is 0 Å². The van der Waals surface area contributed by atoms with E-state index in [1.807, 2.05) is 13.8 Å². The zero-order valence-electron chi connectivity index (χ0n) is 7.30. The van der Waals surface area contributed by atoms with Crippen LogP contribution in [0.4, 0.5) is 0 Å². The smallest absolute Gasteiger partial charge is 0.109 e. The topological polar surface area (TPSA) is 44.3 Å². The van der Waals surface area contributed by atoms with Gasteiger partial charge >= 0.3 is 0 Å². The van der Waals surface area contributed by atoms with Gasteiger partial charge in [-0.3, -0.25) is 5.32 Å². The van der Waals surface area contributed by atoms with Gasteiger partial charge in [-0.2, -0.15) is 0 Å². The lowest BCUT2D eigenvalue weighted by Crippen LogP contribution is -2.40. The third-order valence-electron chi connectivity index (χ3n) is 2.05. The van der Waals surface area contributed by atoms with Crippen LogP contribution in [0.5, 0.6) is 0 Å². The maximum absolute atomic E-state index is 9.57. The van der Waals surface area contributed by atoms with E-state index in [1.165, 1.54) is 0 Å². The molecule has 0 spiro atoms. The van der Waals surface area contributed by atoms with Crippen LogP contribution in [-0.2, 0) is 0 Å². The molecule has 1 aliphatic rings. The summed E-state index contributed by atoms with van der Waals surface area (Å²) < 4.78 is 0. The van der Waals surface area contributed by atoms with Crippen LogP contribution in [0.1, 0.15) is 20.3 Å². The quantitative estimate of drug-likeness (QED) is 0.503. The maximum Gasteiger partial charge on any atom is 0.109 e. The van der Waals surface area contributed by atoms with Gasteiger partial charge in [-0.15, -0.1) is 0 Å². The van der Waals surface area contributed by atoms with Gasteiger partial charge in [0.05, 0.1) is 0 Å². The van der Waals surface area contributed by atoms with Crippen molar-refractivity contribution >= 4 is 0 Å². The molecule has 0 aromatic rings. The molecule has 3 heteroatoms. The summed E-state index contributed by atoms with van der Waals surface area (Å²) in [6.45, 7) is 6.08. The van der Waals surface area contributed by atoms with Crippen molar-refractivity contribution in [2.75, 3.05) is 13.1 Å². The Balaban J connectivity index is 2.22. The Morgan fingerprint density at radius 1 is 1.55 bits per heavy atom. The number of hydrogen-bond donors (Lipinski definition) is 3. The third-order valence-corrected chi connectivity index (χ3v) is 2.05. The van der Waals surface area contributed by atoms with Gasteiger partial charge in [-0.25, -0.2) is 0 Å². The largest absolute Gasteiger partial charge is 0.378 e. The summed E-state index contributed by atoms with van der Waals surface area (Å²) >= 11 is 0. The van der Waals surface area contributed by atoms with Crippen LogP contribution >= 0.6 is 0 Å². The van der Waals surface area contributed by atoms with E-state index < -0.39 is 0 Å². The minimum absolute atomic E-state index is 0.329. The molecule has 3 nitrogen and oxygen atoms in total. The summed E-state index contributed by atoms with van der Waals surface area (Å²) in [6, 6.07) is 0.366. The molecule has 0 radical (unpaired) electrons. The van der Waals surface area contributed by atoms with Crippen molar-refractivity contribution in [3.63, 3.8) is 0 Å². The third kappa shape index (κ3) is 2.77. The monoisotopic (exact) mass is 158 g/mol. The number of nitrogens with one attached hydrogen (secondary N) is 2. The van der Waals surface area contributed by atoms with Crippen molar-refractivity contribution in [1.29, 1.82) is 0 Å². The zero-order valence-corrected chi connectivity index (χ0v) is 7.30. The van der Waals surface area contributed by atoms with E-state index in [-0.39, 0.29) is 6.23 Å². The van der Waals surface area contributed by atoms with Crippen molar-refractivity contribution in [2.45, 2.75) is 32.5 Å². The highest BCUT2D eigenvalue weighted by Gasteiger charge is 2.22. The fourth-order valence-electron chi connectivity index (χ4n) is 1.42. The molecule has 11 heavy (non-hydrogen) atoms. The Kier molecular flexibility index (Phi) is 3.30. The minimum Gasteiger partial charge on any atom is -0.378 e. The normalized spacial score (nSPS) is 27.8. The van der Waals surface area contributed by atoms with E-state index in [0.717, 1.165) is 19.5 Å². The average molecular weight is 158 g/mol. The van der Waals surface area contributed by atoms with E-state index >= 15 is 0 Å². The molecule has 1 saturated heterocycles. The van der Waals surface area contributed by atoms with Gasteiger partial charge < -0.3 is 10.4 Å². The van der Waals surface area contributed by atoms with Crippen molar-refractivity contribution < 1.29 is 5.11 Å². The Morgan fingerprint density at radius 3 is 2.73 bits per heavy atom. The summed E-state index contributed by atoms with van der Waals surface area (Å²) in [5.41, 5.74) is 0. The molecule has 0 saturated carbocycles. The van der Waals surface area contributed by atoms with Gasteiger partial charge in [0, 0.05) is 18.5 Å². The first-order valence-electron chi connectivity index (χ1n) is 4.35. The lowest BCUT2D eigenvalue weighted by molar-refractivity contribution is 0.0750. The molecule has 0 aromatic heterocycles. The lowest BCUT2D eigenvalue weighted by atomic mass is 10.1. The van der Waals surface area contributed by atoms with Crippen LogP contribution in [0.25, 0.3) is 0 Å². The molecule has 0 aliphatic carbocycles. The van der Waals surface area contributed by atoms with E-state index in [2.05, 4.69) is 10.6 Å². The SMILES string of the molecule is CC(C)NC(O)C1CCNC1. The van der Waals surface area contributed by atoms with Crippen LogP contribution in [0.15, 0.2) is 0 Å². The first kappa shape index (κ1) is 8.97. The lowest BCUT2D eigenvalue weighted by Gasteiger charge is -2.20. The highest BCUT2D eigenvalue weighted by atomic mass is 16.3. The standard InChI is InChI=1S/C8H18N2O/c1-6(2)10-8(11)7-3-4-9-5-7/h6-11H,3-5H2,1-2H3. The number of aliphatic hydroxyl groups is 1. The summed E-state index contributed by atoms with van der Waals surface area (Å²) in [4.78, 5) is 0. The highest BCUT2D eigenvalue weighted by molar-refractivity contribution is 4.77. The Labute approximate surface area is 68.2 Å². The van der Waals surface area contributed by atoms with E-state index in [9.17, 15) is 5.11 Å². The summed E-state index contributed by atoms with van der Waals surface area (Å²) in [5, 5.41) is 15.9. The van der Waals surface area contributed by atoms with Crippen molar-refractivity contribution in [1.82, 2.24) is 10.6 Å². The molecule has 1 heterocycles. The van der Waals surface area contributed by atoms with Gasteiger partial charge in [0.1, 0.15) is 6.23 Å². The number of hydrogen-bond acceptors (Lipinski definition) is 3. The first-order valence-corrected chi connectivity index (χ1v) is 4.35. The molecule has 66 valence electrons. The predicted octanol–water partition coefficient (Wildman–Crippen LogP) is -0.0877. The van der Waals surface area contributed by atoms with E-state index in [1.54, 1.807) is 0 Å². The molecule has 1 aliphatic heterocycles. The Morgan fingerprint density at radius 2 is 2.27 bits per heavy atom. The second kappa shape index (κ2) is 4.04. The van der Waals surface area contributed by atoms with Crippen LogP contribution in [-0.4, -0.2) is 30.5 Å². The second-order valence-corrected chi connectivity index (χ2v) is 3.52. The average Bonchev–Trinajstić information content (AvgIpc) is 2.35. The van der Waals surface area contributed by atoms with Crippen LogP contribution in [0.3, 0.4) is 0 Å². The van der Waals surface area contributed by atoms with Crippen LogP contribution in [0.2, 0.25) is 0 Å². The Hall–Kier alpha value is -0.120. The van der Waals surface area contributed by atoms with Crippen molar-refractivity contribution in [2.24, 2.45) is 5.92 Å². The first-order chi connectivity index (χ1) is 5.20. The Bertz CT molecular complexity index is 111. The molecule has 2 atom stereocenters. The van der Waals surface area contributed by atoms with Crippen molar-refractivity contribution in [3.8, 4) is 0 Å². The summed E-state index contributed by atoms with van der Waals surface area (Å²) in [5.74, 6) is 0.400. The van der Waals surface area contributed by atoms with Gasteiger partial charge in [0.25, 0.3) is 0 Å². The molecular formula is C8H18N2O. The summed E-state index contributed by atoms with van der Waals surface area (Å²) in [7, 11) is 0. The molecule has 1 rings (SSSR count). The van der Waals surface area contributed by atoms with Gasteiger partial charge in [0.2, 0.25) is 0 Å². The predicted molar refractivity (Wildman–Crippen MR) is 45.3 cm³/mol. The number of aliphatic hydroxyl groups excluding tert-OH is 1. The minimum atomic E-state index is -0.329. The van der Waals surface area contributed by atoms with Gasteiger partial charge in [0.15, 0.2) is 0 Å². The fourth-order valence-corrected chi connectivity index (χ4v) is 1.42. The molecule has 2 unspecified atom stereocenters. The van der Waals surface area contributed by atoms with E-state index in [4.69, 9.17) is 0 Å². The fraction of sp³-hybridized carbons (Fsp3) is 1.00.